The number of hydrogen-bond acceptors (Lipinski definition) is 3. The smallest absolute Gasteiger partial charge is 0.411 e. The Morgan fingerprint density at radius 3 is 2.59 bits per heavy atom. The molecule has 1 aromatic rings. The van der Waals surface area contributed by atoms with E-state index in [0.717, 1.165) is 4.90 Å². The Kier molecular flexibility index (Phi) is 3.67. The highest BCUT2D eigenvalue weighted by molar-refractivity contribution is 5.97. The van der Waals surface area contributed by atoms with Crippen LogP contribution >= 0.6 is 0 Å². The molecular formula is C11H11N3O3. The monoisotopic (exact) mass is 233 g/mol. The summed E-state index contributed by atoms with van der Waals surface area (Å²) in [5.41, 5.74) is 0.679. The molecule has 0 radical (unpaired) electrons. The summed E-state index contributed by atoms with van der Waals surface area (Å²) in [6.45, 7) is 0. The fourth-order valence-corrected chi connectivity index (χ4v) is 1.29. The van der Waals surface area contributed by atoms with Crippen LogP contribution in [0.25, 0.3) is 0 Å². The third kappa shape index (κ3) is 2.52. The highest BCUT2D eigenvalue weighted by Gasteiger charge is 2.15. The van der Waals surface area contributed by atoms with Crippen LogP contribution in [0.3, 0.4) is 0 Å². The number of carbonyl (C=O) groups excluding carboxylic acids is 1. The first-order valence-corrected chi connectivity index (χ1v) is 4.74. The van der Waals surface area contributed by atoms with Crippen molar-refractivity contribution in [1.29, 1.82) is 5.26 Å². The van der Waals surface area contributed by atoms with Crippen LogP contribution in [-0.2, 0) is 0 Å². The molecule has 0 atom stereocenters. The van der Waals surface area contributed by atoms with Gasteiger partial charge in [0.05, 0.1) is 11.3 Å². The van der Waals surface area contributed by atoms with Crippen LogP contribution in [0.5, 0.6) is 0 Å². The predicted molar refractivity (Wildman–Crippen MR) is 61.0 cm³/mol. The highest BCUT2D eigenvalue weighted by atomic mass is 16.4. The minimum Gasteiger partial charge on any atom is -0.465 e. The molecule has 0 unspecified atom stereocenters. The van der Waals surface area contributed by atoms with Gasteiger partial charge < -0.3 is 10.4 Å². The molecule has 0 aromatic heterocycles. The van der Waals surface area contributed by atoms with Gasteiger partial charge in [0, 0.05) is 19.7 Å². The molecule has 0 bridgehead atoms. The molecule has 0 aliphatic heterocycles. The number of anilines is 1. The number of amides is 2. The molecule has 0 heterocycles. The van der Waals surface area contributed by atoms with Crippen LogP contribution in [0.2, 0.25) is 0 Å². The number of nitriles is 1. The maximum absolute atomic E-state index is 11.4. The molecule has 0 aliphatic rings. The second-order valence-electron chi connectivity index (χ2n) is 3.26. The standard InChI is InChI=1S/C11H11N3O3/c1-13-10(15)7-3-4-8(6-12)9(5-7)14(2)11(16)17/h3-5H,1-2H3,(H,13,15)(H,16,17). The number of nitrogens with zero attached hydrogens (tertiary/aromatic N) is 2. The molecule has 6 nitrogen and oxygen atoms in total. The van der Waals surface area contributed by atoms with Gasteiger partial charge in [-0.25, -0.2) is 4.79 Å². The van der Waals surface area contributed by atoms with Gasteiger partial charge in [0.1, 0.15) is 6.07 Å². The SMILES string of the molecule is CNC(=O)c1ccc(C#N)c(N(C)C(=O)O)c1. The molecule has 6 heteroatoms. The van der Waals surface area contributed by atoms with Crippen LogP contribution in [0, 0.1) is 11.3 Å². The summed E-state index contributed by atoms with van der Waals surface area (Å²) in [7, 11) is 2.78. The molecule has 2 amide bonds. The van der Waals surface area contributed by atoms with Gasteiger partial charge in [0.15, 0.2) is 0 Å². The predicted octanol–water partition coefficient (Wildman–Crippen LogP) is 1.03. The normalized spacial score (nSPS) is 9.24. The number of carboxylic acid groups (broad SMARTS) is 1. The van der Waals surface area contributed by atoms with E-state index in [1.54, 1.807) is 0 Å². The van der Waals surface area contributed by atoms with E-state index in [4.69, 9.17) is 10.4 Å². The fraction of sp³-hybridized carbons (Fsp3) is 0.182. The lowest BCUT2D eigenvalue weighted by Crippen LogP contribution is -2.25. The summed E-state index contributed by atoms with van der Waals surface area (Å²) in [4.78, 5) is 23.1. The Balaban J connectivity index is 3.30. The maximum Gasteiger partial charge on any atom is 0.411 e. The molecule has 2 N–H and O–H groups in total. The average Bonchev–Trinajstić information content (AvgIpc) is 2.35. The van der Waals surface area contributed by atoms with Gasteiger partial charge in [-0.05, 0) is 18.2 Å². The van der Waals surface area contributed by atoms with Crippen molar-refractivity contribution < 1.29 is 14.7 Å². The van der Waals surface area contributed by atoms with Gasteiger partial charge in [0.25, 0.3) is 5.91 Å². The van der Waals surface area contributed by atoms with E-state index in [1.807, 2.05) is 6.07 Å². The number of benzene rings is 1. The molecule has 0 spiro atoms. The zero-order chi connectivity index (χ0) is 13.0. The molecular weight excluding hydrogens is 222 g/mol. The topological polar surface area (TPSA) is 93.4 Å². The second kappa shape index (κ2) is 4.99. The van der Waals surface area contributed by atoms with Crippen molar-refractivity contribution in [2.45, 2.75) is 0 Å². The molecule has 1 rings (SSSR count). The number of rotatable bonds is 2. The van der Waals surface area contributed by atoms with E-state index in [2.05, 4.69) is 5.32 Å². The van der Waals surface area contributed by atoms with Gasteiger partial charge in [0.2, 0.25) is 0 Å². The third-order valence-corrected chi connectivity index (χ3v) is 2.26. The van der Waals surface area contributed by atoms with Gasteiger partial charge in [-0.15, -0.1) is 0 Å². The van der Waals surface area contributed by atoms with Crippen molar-refractivity contribution >= 4 is 17.7 Å². The molecule has 88 valence electrons. The first kappa shape index (κ1) is 12.5. The minimum absolute atomic E-state index is 0.182. The number of carbonyl (C=O) groups is 2. The van der Waals surface area contributed by atoms with Crippen LogP contribution in [0.15, 0.2) is 18.2 Å². The first-order chi connectivity index (χ1) is 8.01. The third-order valence-electron chi connectivity index (χ3n) is 2.26. The lowest BCUT2D eigenvalue weighted by molar-refractivity contribution is 0.0963. The average molecular weight is 233 g/mol. The van der Waals surface area contributed by atoms with Crippen molar-refractivity contribution in [3.63, 3.8) is 0 Å². The maximum atomic E-state index is 11.4. The molecule has 17 heavy (non-hydrogen) atoms. The van der Waals surface area contributed by atoms with Crippen molar-refractivity contribution in [3.05, 3.63) is 29.3 Å². The van der Waals surface area contributed by atoms with Crippen molar-refractivity contribution in [2.75, 3.05) is 19.0 Å². The van der Waals surface area contributed by atoms with E-state index in [9.17, 15) is 9.59 Å². The lowest BCUT2D eigenvalue weighted by Gasteiger charge is -2.15. The Labute approximate surface area is 98.1 Å². The molecule has 0 saturated carbocycles. The van der Waals surface area contributed by atoms with Crippen LogP contribution in [-0.4, -0.2) is 31.2 Å². The Hall–Kier alpha value is -2.55. The van der Waals surface area contributed by atoms with E-state index < -0.39 is 6.09 Å². The number of nitrogens with one attached hydrogen (secondary N) is 1. The summed E-state index contributed by atoms with van der Waals surface area (Å²) >= 11 is 0. The molecule has 1 aromatic carbocycles. The summed E-state index contributed by atoms with van der Waals surface area (Å²) in [6.07, 6.45) is -1.20. The Bertz CT molecular complexity index is 505. The summed E-state index contributed by atoms with van der Waals surface area (Å²) < 4.78 is 0. The van der Waals surface area contributed by atoms with E-state index in [-0.39, 0.29) is 17.2 Å². The van der Waals surface area contributed by atoms with Crippen LogP contribution in [0.4, 0.5) is 10.5 Å². The van der Waals surface area contributed by atoms with Gasteiger partial charge in [-0.2, -0.15) is 5.26 Å². The number of hydrogen-bond donors (Lipinski definition) is 2. The largest absolute Gasteiger partial charge is 0.465 e. The zero-order valence-electron chi connectivity index (χ0n) is 9.39. The van der Waals surface area contributed by atoms with Crippen molar-refractivity contribution in [3.8, 4) is 6.07 Å². The van der Waals surface area contributed by atoms with Gasteiger partial charge in [-0.1, -0.05) is 0 Å². The van der Waals surface area contributed by atoms with Crippen molar-refractivity contribution in [1.82, 2.24) is 5.32 Å². The van der Waals surface area contributed by atoms with Gasteiger partial charge >= 0.3 is 6.09 Å². The lowest BCUT2D eigenvalue weighted by atomic mass is 10.1. The molecule has 0 fully saturated rings. The minimum atomic E-state index is -1.20. The fourth-order valence-electron chi connectivity index (χ4n) is 1.29. The quantitative estimate of drug-likeness (QED) is 0.797. The molecule has 0 aliphatic carbocycles. The van der Waals surface area contributed by atoms with Crippen LogP contribution < -0.4 is 10.2 Å². The van der Waals surface area contributed by atoms with Crippen LogP contribution in [0.1, 0.15) is 15.9 Å². The van der Waals surface area contributed by atoms with Crippen molar-refractivity contribution in [2.24, 2.45) is 0 Å². The Morgan fingerprint density at radius 1 is 1.47 bits per heavy atom. The van der Waals surface area contributed by atoms with E-state index >= 15 is 0 Å². The second-order valence-corrected chi connectivity index (χ2v) is 3.26. The zero-order valence-corrected chi connectivity index (χ0v) is 9.39. The first-order valence-electron chi connectivity index (χ1n) is 4.74. The molecule has 0 saturated heterocycles. The van der Waals surface area contributed by atoms with E-state index in [1.165, 1.54) is 32.3 Å². The Morgan fingerprint density at radius 2 is 2.12 bits per heavy atom. The van der Waals surface area contributed by atoms with Gasteiger partial charge in [-0.3, -0.25) is 9.69 Å². The summed E-state index contributed by atoms with van der Waals surface area (Å²) in [5.74, 6) is -0.338. The summed E-state index contributed by atoms with van der Waals surface area (Å²) in [5, 5.41) is 20.2. The van der Waals surface area contributed by atoms with E-state index in [0.29, 0.717) is 5.56 Å². The highest BCUT2D eigenvalue weighted by Crippen LogP contribution is 2.20. The summed E-state index contributed by atoms with van der Waals surface area (Å²) in [6, 6.07) is 6.13.